The van der Waals surface area contributed by atoms with Crippen molar-refractivity contribution in [1.82, 2.24) is 9.66 Å². The average Bonchev–Trinajstić information content (AvgIpc) is 2.96. The lowest BCUT2D eigenvalue weighted by Crippen LogP contribution is -2.21. The highest BCUT2D eigenvalue weighted by Crippen LogP contribution is 2.21. The van der Waals surface area contributed by atoms with Crippen LogP contribution in [0.15, 0.2) is 59.8 Å². The molecule has 0 aliphatic heterocycles. The van der Waals surface area contributed by atoms with Crippen LogP contribution in [0.25, 0.3) is 11.0 Å². The summed E-state index contributed by atoms with van der Waals surface area (Å²) in [5, 5.41) is 0.737. The van der Waals surface area contributed by atoms with E-state index in [0.29, 0.717) is 6.42 Å². The van der Waals surface area contributed by atoms with Crippen LogP contribution in [-0.2, 0) is 4.79 Å². The third-order valence-electron chi connectivity index (χ3n) is 3.33. The molecule has 1 amide bonds. The zero-order valence-corrected chi connectivity index (χ0v) is 14.0. The van der Waals surface area contributed by atoms with Gasteiger partial charge in [0.05, 0.1) is 11.0 Å². The molecule has 0 spiro atoms. The first kappa shape index (κ1) is 15.9. The van der Waals surface area contributed by atoms with Crippen molar-refractivity contribution in [2.24, 2.45) is 0 Å². The molecule has 0 saturated heterocycles. The van der Waals surface area contributed by atoms with E-state index < -0.39 is 0 Å². The van der Waals surface area contributed by atoms with Gasteiger partial charge in [-0.1, -0.05) is 23.7 Å². The highest BCUT2D eigenvalue weighted by atomic mass is 35.5. The van der Waals surface area contributed by atoms with Crippen LogP contribution in [0.5, 0.6) is 0 Å². The second kappa shape index (κ2) is 7.53. The van der Waals surface area contributed by atoms with Crippen LogP contribution in [0.3, 0.4) is 0 Å². The van der Waals surface area contributed by atoms with Crippen LogP contribution >= 0.6 is 23.4 Å². The summed E-state index contributed by atoms with van der Waals surface area (Å²) >= 11 is 7.58. The number of carbonyl (C=O) groups is 1. The monoisotopic (exact) mass is 345 g/mol. The lowest BCUT2D eigenvalue weighted by molar-refractivity contribution is -0.117. The van der Waals surface area contributed by atoms with E-state index in [4.69, 9.17) is 11.6 Å². The van der Waals surface area contributed by atoms with Gasteiger partial charge in [-0.05, 0) is 48.6 Å². The van der Waals surface area contributed by atoms with E-state index in [0.717, 1.165) is 33.1 Å². The van der Waals surface area contributed by atoms with Crippen molar-refractivity contribution >= 4 is 40.3 Å². The van der Waals surface area contributed by atoms with Gasteiger partial charge >= 0.3 is 0 Å². The maximum Gasteiger partial charge on any atom is 0.238 e. The fraction of sp³-hybridized carbons (Fsp3) is 0.176. The number of para-hydroxylation sites is 2. The second-order valence-electron chi connectivity index (χ2n) is 5.04. The Morgan fingerprint density at radius 2 is 1.96 bits per heavy atom. The topological polar surface area (TPSA) is 46.9 Å². The molecule has 1 N–H and O–H groups in total. The van der Waals surface area contributed by atoms with Crippen LogP contribution < -0.4 is 5.43 Å². The molecular formula is C17H16ClN3OS. The van der Waals surface area contributed by atoms with E-state index in [2.05, 4.69) is 10.4 Å². The number of nitrogens with zero attached hydrogens (tertiary/aromatic N) is 2. The SMILES string of the molecule is O=C(CCCSc1ccc(Cl)cc1)Nn1cnc2ccccc21. The predicted octanol–water partition coefficient (Wildman–Crippen LogP) is 4.33. The molecule has 3 rings (SSSR count). The van der Waals surface area contributed by atoms with Crippen molar-refractivity contribution in [3.8, 4) is 0 Å². The largest absolute Gasteiger partial charge is 0.273 e. The lowest BCUT2D eigenvalue weighted by Gasteiger charge is -2.07. The Bertz CT molecular complexity index is 801. The zero-order valence-electron chi connectivity index (χ0n) is 12.4. The van der Waals surface area contributed by atoms with Gasteiger partial charge in [0, 0.05) is 16.3 Å². The van der Waals surface area contributed by atoms with Crippen molar-refractivity contribution in [2.45, 2.75) is 17.7 Å². The number of amides is 1. The molecule has 0 unspecified atom stereocenters. The fourth-order valence-corrected chi connectivity index (χ4v) is 3.17. The number of hydrogen-bond acceptors (Lipinski definition) is 3. The molecule has 23 heavy (non-hydrogen) atoms. The number of nitrogens with one attached hydrogen (secondary N) is 1. The van der Waals surface area contributed by atoms with Crippen molar-refractivity contribution in [3.05, 3.63) is 59.9 Å². The highest BCUT2D eigenvalue weighted by molar-refractivity contribution is 7.99. The normalized spacial score (nSPS) is 10.8. The standard InChI is InChI=1S/C17H16ClN3OS/c18-13-7-9-14(10-8-13)23-11-3-6-17(22)20-21-12-19-15-4-1-2-5-16(15)21/h1-2,4-5,7-10,12H,3,6,11H2,(H,20,22). The van der Waals surface area contributed by atoms with Gasteiger partial charge in [0.15, 0.2) is 0 Å². The minimum Gasteiger partial charge on any atom is -0.273 e. The van der Waals surface area contributed by atoms with Gasteiger partial charge in [0.2, 0.25) is 5.91 Å². The summed E-state index contributed by atoms with van der Waals surface area (Å²) in [7, 11) is 0. The van der Waals surface area contributed by atoms with Crippen LogP contribution in [-0.4, -0.2) is 21.3 Å². The Morgan fingerprint density at radius 1 is 1.17 bits per heavy atom. The Kier molecular flexibility index (Phi) is 5.20. The van der Waals surface area contributed by atoms with E-state index in [1.165, 1.54) is 0 Å². The average molecular weight is 346 g/mol. The van der Waals surface area contributed by atoms with E-state index in [-0.39, 0.29) is 5.91 Å². The molecule has 0 fully saturated rings. The van der Waals surface area contributed by atoms with Gasteiger partial charge < -0.3 is 0 Å². The molecule has 1 heterocycles. The molecule has 0 atom stereocenters. The Morgan fingerprint density at radius 3 is 2.78 bits per heavy atom. The number of benzene rings is 2. The Labute approximate surface area is 143 Å². The molecule has 0 bridgehead atoms. The molecule has 118 valence electrons. The number of fused-ring (bicyclic) bond motifs is 1. The molecule has 0 aliphatic rings. The molecule has 1 aromatic heterocycles. The zero-order chi connectivity index (χ0) is 16.1. The van der Waals surface area contributed by atoms with Gasteiger partial charge in [0.25, 0.3) is 0 Å². The molecular weight excluding hydrogens is 330 g/mol. The summed E-state index contributed by atoms with van der Waals surface area (Å²) in [5.74, 6) is 0.879. The number of aromatic nitrogens is 2. The first-order valence-electron chi connectivity index (χ1n) is 7.33. The molecule has 3 aromatic rings. The molecule has 0 radical (unpaired) electrons. The summed E-state index contributed by atoms with van der Waals surface area (Å²) in [5.41, 5.74) is 4.63. The van der Waals surface area contributed by atoms with E-state index in [9.17, 15) is 4.79 Å². The molecule has 6 heteroatoms. The van der Waals surface area contributed by atoms with Gasteiger partial charge in [-0.3, -0.25) is 10.2 Å². The van der Waals surface area contributed by atoms with Gasteiger partial charge in [-0.2, -0.15) is 0 Å². The van der Waals surface area contributed by atoms with Crippen molar-refractivity contribution in [1.29, 1.82) is 0 Å². The van der Waals surface area contributed by atoms with E-state index in [1.54, 1.807) is 22.8 Å². The number of halogens is 1. The predicted molar refractivity (Wildman–Crippen MR) is 95.5 cm³/mol. The second-order valence-corrected chi connectivity index (χ2v) is 6.65. The lowest BCUT2D eigenvalue weighted by atomic mass is 10.3. The van der Waals surface area contributed by atoms with Gasteiger partial charge in [-0.15, -0.1) is 11.8 Å². The molecule has 0 saturated carbocycles. The number of imidazole rings is 1. The minimum absolute atomic E-state index is 0.00939. The van der Waals surface area contributed by atoms with Gasteiger partial charge in [0.1, 0.15) is 6.33 Å². The number of hydrogen-bond donors (Lipinski definition) is 1. The maximum atomic E-state index is 12.0. The first-order valence-corrected chi connectivity index (χ1v) is 8.69. The number of rotatable bonds is 6. The van der Waals surface area contributed by atoms with E-state index >= 15 is 0 Å². The summed E-state index contributed by atoms with van der Waals surface area (Å²) in [6.45, 7) is 0. The highest BCUT2D eigenvalue weighted by Gasteiger charge is 2.06. The summed E-state index contributed by atoms with van der Waals surface area (Å²) in [4.78, 5) is 17.4. The first-order chi connectivity index (χ1) is 11.2. The molecule has 4 nitrogen and oxygen atoms in total. The quantitative estimate of drug-likeness (QED) is 0.534. The van der Waals surface area contributed by atoms with Crippen molar-refractivity contribution in [3.63, 3.8) is 0 Å². The number of carbonyl (C=O) groups excluding carboxylic acids is 1. The van der Waals surface area contributed by atoms with Gasteiger partial charge in [-0.25, -0.2) is 9.66 Å². The van der Waals surface area contributed by atoms with Crippen LogP contribution in [0.2, 0.25) is 5.02 Å². The van der Waals surface area contributed by atoms with Crippen molar-refractivity contribution < 1.29 is 4.79 Å². The number of thioether (sulfide) groups is 1. The third kappa shape index (κ3) is 4.27. The maximum absolute atomic E-state index is 12.0. The summed E-state index contributed by atoms with van der Waals surface area (Å²) in [6, 6.07) is 15.4. The van der Waals surface area contributed by atoms with Crippen LogP contribution in [0.4, 0.5) is 0 Å². The van der Waals surface area contributed by atoms with Crippen LogP contribution in [0, 0.1) is 0 Å². The minimum atomic E-state index is -0.00939. The smallest absolute Gasteiger partial charge is 0.238 e. The fourth-order valence-electron chi connectivity index (χ4n) is 2.19. The Balaban J connectivity index is 1.45. The van der Waals surface area contributed by atoms with Crippen molar-refractivity contribution in [2.75, 3.05) is 11.2 Å². The van der Waals surface area contributed by atoms with E-state index in [1.807, 2.05) is 48.5 Å². The van der Waals surface area contributed by atoms with Crippen LogP contribution in [0.1, 0.15) is 12.8 Å². The Hall–Kier alpha value is -1.98. The summed E-state index contributed by atoms with van der Waals surface area (Å²) < 4.78 is 1.67. The molecule has 0 aliphatic carbocycles. The summed E-state index contributed by atoms with van der Waals surface area (Å²) in [6.07, 6.45) is 2.92. The third-order valence-corrected chi connectivity index (χ3v) is 4.68. The molecule has 2 aromatic carbocycles.